The Morgan fingerprint density at radius 1 is 1.50 bits per heavy atom. The van der Waals surface area contributed by atoms with E-state index < -0.39 is 5.97 Å². The molecule has 0 bridgehead atoms. The molecule has 0 saturated carbocycles. The van der Waals surface area contributed by atoms with Crippen molar-refractivity contribution in [1.82, 2.24) is 4.98 Å². The van der Waals surface area contributed by atoms with Crippen molar-refractivity contribution >= 4 is 11.5 Å². The lowest BCUT2D eigenvalue weighted by molar-refractivity contribution is 0.0692. The number of ether oxygens (including phenoxy) is 1. The van der Waals surface area contributed by atoms with Crippen LogP contribution in [0.2, 0.25) is 0 Å². The first kappa shape index (κ1) is 13.7. The molecule has 0 aliphatic carbocycles. The van der Waals surface area contributed by atoms with E-state index in [2.05, 4.69) is 11.6 Å². The van der Waals surface area contributed by atoms with Crippen molar-refractivity contribution in [1.29, 1.82) is 0 Å². The third kappa shape index (κ3) is 3.07. The smallest absolute Gasteiger partial charge is 0.341 e. The van der Waals surface area contributed by atoms with Gasteiger partial charge in [-0.1, -0.05) is 30.9 Å². The molecule has 1 N–H and O–H groups in total. The van der Waals surface area contributed by atoms with Crippen molar-refractivity contribution in [3.8, 4) is 5.88 Å². The largest absolute Gasteiger partial charge is 0.480 e. The van der Waals surface area contributed by atoms with Crippen LogP contribution in [0.15, 0.2) is 43.0 Å². The lowest BCUT2D eigenvalue weighted by atomic mass is 10.1. The summed E-state index contributed by atoms with van der Waals surface area (Å²) in [6.07, 6.45) is 7.17. The number of carbonyl (C=O) groups is 1. The number of rotatable bonds is 5. The Labute approximate surface area is 106 Å². The molecule has 94 valence electrons. The highest BCUT2D eigenvalue weighted by Gasteiger charge is 2.13. The van der Waals surface area contributed by atoms with Gasteiger partial charge >= 0.3 is 5.97 Å². The van der Waals surface area contributed by atoms with Crippen molar-refractivity contribution in [2.45, 2.75) is 6.92 Å². The summed E-state index contributed by atoms with van der Waals surface area (Å²) in [5.74, 6) is -0.957. The van der Waals surface area contributed by atoms with Crippen LogP contribution in [0.25, 0.3) is 5.57 Å². The van der Waals surface area contributed by atoms with E-state index in [9.17, 15) is 4.79 Å². The number of nitrogens with zero attached hydrogens (tertiary/aromatic N) is 1. The quantitative estimate of drug-likeness (QED) is 0.810. The van der Waals surface area contributed by atoms with Crippen molar-refractivity contribution in [2.24, 2.45) is 0 Å². The first-order valence-electron chi connectivity index (χ1n) is 5.38. The lowest BCUT2D eigenvalue weighted by Gasteiger charge is -2.07. The van der Waals surface area contributed by atoms with E-state index in [4.69, 9.17) is 9.84 Å². The van der Waals surface area contributed by atoms with Gasteiger partial charge in [0.1, 0.15) is 5.56 Å². The molecule has 0 spiro atoms. The second-order valence-corrected chi connectivity index (χ2v) is 3.40. The normalized spacial score (nSPS) is 11.6. The molecule has 0 atom stereocenters. The van der Waals surface area contributed by atoms with E-state index in [0.29, 0.717) is 5.69 Å². The van der Waals surface area contributed by atoms with Crippen LogP contribution in [0.5, 0.6) is 5.88 Å². The van der Waals surface area contributed by atoms with Crippen LogP contribution in [0.4, 0.5) is 0 Å². The first-order chi connectivity index (χ1) is 8.63. The number of pyridine rings is 1. The van der Waals surface area contributed by atoms with Crippen LogP contribution in [-0.2, 0) is 0 Å². The molecule has 0 aliphatic rings. The van der Waals surface area contributed by atoms with Crippen LogP contribution in [0.3, 0.4) is 0 Å². The highest BCUT2D eigenvalue weighted by molar-refractivity contribution is 5.90. The number of hydrogen-bond acceptors (Lipinski definition) is 3. The van der Waals surface area contributed by atoms with Crippen molar-refractivity contribution in [3.05, 3.63) is 54.3 Å². The predicted octanol–water partition coefficient (Wildman–Crippen LogP) is 2.93. The predicted molar refractivity (Wildman–Crippen MR) is 70.7 cm³/mol. The van der Waals surface area contributed by atoms with Crippen molar-refractivity contribution in [2.75, 3.05) is 7.11 Å². The van der Waals surface area contributed by atoms with Gasteiger partial charge in [0.25, 0.3) is 0 Å². The molecular formula is C14H15NO3. The van der Waals surface area contributed by atoms with Crippen LogP contribution < -0.4 is 4.74 Å². The molecule has 1 heterocycles. The van der Waals surface area contributed by atoms with Crippen LogP contribution in [-0.4, -0.2) is 23.2 Å². The number of carboxylic acids is 1. The molecular weight excluding hydrogens is 230 g/mol. The zero-order valence-corrected chi connectivity index (χ0v) is 10.4. The van der Waals surface area contributed by atoms with Crippen molar-refractivity contribution < 1.29 is 14.6 Å². The number of aromatic nitrogens is 1. The Bertz CT molecular complexity index is 516. The maximum Gasteiger partial charge on any atom is 0.341 e. The minimum Gasteiger partial charge on any atom is -0.480 e. The fourth-order valence-corrected chi connectivity index (χ4v) is 1.42. The number of hydrogen-bond donors (Lipinski definition) is 1. The fraction of sp³-hybridized carbons (Fsp3) is 0.143. The van der Waals surface area contributed by atoms with Gasteiger partial charge in [-0.05, 0) is 24.6 Å². The molecule has 0 amide bonds. The van der Waals surface area contributed by atoms with Gasteiger partial charge in [-0.15, -0.1) is 0 Å². The summed E-state index contributed by atoms with van der Waals surface area (Å²) in [6.45, 7) is 5.47. The second-order valence-electron chi connectivity index (χ2n) is 3.40. The molecule has 0 saturated heterocycles. The highest BCUT2D eigenvalue weighted by Crippen LogP contribution is 2.21. The van der Waals surface area contributed by atoms with E-state index in [-0.39, 0.29) is 11.4 Å². The maximum atomic E-state index is 10.9. The molecule has 0 aliphatic heterocycles. The van der Waals surface area contributed by atoms with Gasteiger partial charge in [-0.25, -0.2) is 9.78 Å². The Morgan fingerprint density at radius 3 is 2.72 bits per heavy atom. The van der Waals surface area contributed by atoms with Gasteiger partial charge in [-0.2, -0.15) is 0 Å². The van der Waals surface area contributed by atoms with E-state index in [1.165, 1.54) is 13.2 Å². The van der Waals surface area contributed by atoms with Gasteiger partial charge < -0.3 is 9.84 Å². The number of methoxy groups -OCH3 is 1. The summed E-state index contributed by atoms with van der Waals surface area (Å²) in [5.41, 5.74) is 1.56. The monoisotopic (exact) mass is 245 g/mol. The Hall–Kier alpha value is -2.36. The first-order valence-corrected chi connectivity index (χ1v) is 5.38. The maximum absolute atomic E-state index is 10.9. The zero-order chi connectivity index (χ0) is 13.5. The van der Waals surface area contributed by atoms with E-state index in [1.54, 1.807) is 18.2 Å². The number of allylic oxidation sites excluding steroid dienone is 5. The molecule has 0 unspecified atom stereocenters. The third-order valence-electron chi connectivity index (χ3n) is 2.30. The molecule has 4 heteroatoms. The summed E-state index contributed by atoms with van der Waals surface area (Å²) in [7, 11) is 1.40. The van der Waals surface area contributed by atoms with Gasteiger partial charge in [-0.3, -0.25) is 0 Å². The average Bonchev–Trinajstić information content (AvgIpc) is 2.39. The molecule has 1 aromatic heterocycles. The SMILES string of the molecule is C=C/C=C\C(=C/C)c1ccc(C(=O)O)c(OC)n1. The van der Waals surface area contributed by atoms with E-state index in [1.807, 2.05) is 19.1 Å². The summed E-state index contributed by atoms with van der Waals surface area (Å²) in [6, 6.07) is 3.13. The van der Waals surface area contributed by atoms with Crippen LogP contribution in [0.1, 0.15) is 23.0 Å². The molecule has 0 fully saturated rings. The molecule has 18 heavy (non-hydrogen) atoms. The average molecular weight is 245 g/mol. The number of carboxylic acid groups (broad SMARTS) is 1. The molecule has 0 radical (unpaired) electrons. The molecule has 4 nitrogen and oxygen atoms in total. The van der Waals surface area contributed by atoms with Crippen LogP contribution >= 0.6 is 0 Å². The van der Waals surface area contributed by atoms with E-state index >= 15 is 0 Å². The second kappa shape index (κ2) is 6.39. The topological polar surface area (TPSA) is 59.4 Å². The molecule has 1 rings (SSSR count). The number of aromatic carboxylic acids is 1. The summed E-state index contributed by atoms with van der Waals surface area (Å²) in [5, 5.41) is 8.96. The van der Waals surface area contributed by atoms with Gasteiger partial charge in [0.2, 0.25) is 5.88 Å². The fourth-order valence-electron chi connectivity index (χ4n) is 1.42. The van der Waals surface area contributed by atoms with Gasteiger partial charge in [0.15, 0.2) is 0 Å². The zero-order valence-electron chi connectivity index (χ0n) is 10.4. The van der Waals surface area contributed by atoms with E-state index in [0.717, 1.165) is 5.57 Å². The Morgan fingerprint density at radius 2 is 2.22 bits per heavy atom. The highest BCUT2D eigenvalue weighted by atomic mass is 16.5. The molecule has 0 aromatic carbocycles. The Kier molecular flexibility index (Phi) is 4.87. The Balaban J connectivity index is 3.23. The molecule has 1 aromatic rings. The summed E-state index contributed by atoms with van der Waals surface area (Å²) < 4.78 is 4.98. The van der Waals surface area contributed by atoms with Gasteiger partial charge in [0.05, 0.1) is 12.8 Å². The summed E-state index contributed by atoms with van der Waals surface area (Å²) in [4.78, 5) is 15.1. The van der Waals surface area contributed by atoms with Gasteiger partial charge in [0, 0.05) is 0 Å². The third-order valence-corrected chi connectivity index (χ3v) is 2.30. The minimum atomic E-state index is -1.06. The standard InChI is InChI=1S/C14H15NO3/c1-4-6-7-10(5-2)12-9-8-11(14(16)17)13(15-12)18-3/h4-9H,1H2,2-3H3,(H,16,17)/b7-6-,10-5+. The van der Waals surface area contributed by atoms with Crippen molar-refractivity contribution in [3.63, 3.8) is 0 Å². The summed E-state index contributed by atoms with van der Waals surface area (Å²) >= 11 is 0. The minimum absolute atomic E-state index is 0.0457. The van der Waals surface area contributed by atoms with Crippen LogP contribution in [0, 0.1) is 0 Å². The lowest BCUT2D eigenvalue weighted by Crippen LogP contribution is -2.03.